The van der Waals surface area contributed by atoms with Crippen LogP contribution in [0.2, 0.25) is 0 Å². The molecule has 0 heterocycles. The Morgan fingerprint density at radius 1 is 0.778 bits per heavy atom. The molecule has 0 saturated heterocycles. The van der Waals surface area contributed by atoms with Crippen LogP contribution in [0.1, 0.15) is 23.6 Å². The minimum Gasteiger partial charge on any atom is -0.0616 e. The third-order valence-electron chi connectivity index (χ3n) is 3.93. The molecule has 0 aliphatic heterocycles. The molecule has 0 unspecified atom stereocenters. The number of aryl methyl sites for hydroxylation is 3. The van der Waals surface area contributed by atoms with Crippen molar-refractivity contribution in [3.8, 4) is 0 Å². The van der Waals surface area contributed by atoms with E-state index in [-0.39, 0.29) is 0 Å². The average Bonchev–Trinajstić information content (AvgIpc) is 2.39. The smallest absolute Gasteiger partial charge is 0.0102 e. The zero-order valence-electron chi connectivity index (χ0n) is 11.2. The molecule has 3 aromatic carbocycles. The van der Waals surface area contributed by atoms with Gasteiger partial charge in [0.05, 0.1) is 0 Å². The van der Waals surface area contributed by atoms with Crippen LogP contribution in [0.4, 0.5) is 0 Å². The Morgan fingerprint density at radius 3 is 2.17 bits per heavy atom. The Labute approximate surface area is 108 Å². The van der Waals surface area contributed by atoms with Gasteiger partial charge < -0.3 is 0 Å². The Bertz CT molecular complexity index is 736. The van der Waals surface area contributed by atoms with Gasteiger partial charge in [-0.2, -0.15) is 0 Å². The van der Waals surface area contributed by atoms with E-state index in [1.54, 1.807) is 0 Å². The van der Waals surface area contributed by atoms with E-state index in [1.165, 1.54) is 38.2 Å². The van der Waals surface area contributed by atoms with Crippen LogP contribution in [0.3, 0.4) is 0 Å². The summed E-state index contributed by atoms with van der Waals surface area (Å²) in [5.74, 6) is 0. The standard InChI is InChI=1S/C18H18/c1-4-14-13(3)15-7-5-6-8-16(15)17-10-9-12(2)11-18(14)17/h5-11H,4H2,1-3H3. The first-order valence-corrected chi connectivity index (χ1v) is 6.63. The lowest BCUT2D eigenvalue weighted by Gasteiger charge is -2.14. The predicted molar refractivity (Wildman–Crippen MR) is 80.3 cm³/mol. The molecular weight excluding hydrogens is 216 g/mol. The summed E-state index contributed by atoms with van der Waals surface area (Å²) in [7, 11) is 0. The van der Waals surface area contributed by atoms with E-state index in [0.717, 1.165) is 6.42 Å². The molecular formula is C18H18. The lowest BCUT2D eigenvalue weighted by atomic mass is 9.90. The quantitative estimate of drug-likeness (QED) is 0.509. The van der Waals surface area contributed by atoms with Crippen LogP contribution < -0.4 is 0 Å². The van der Waals surface area contributed by atoms with Gasteiger partial charge in [-0.15, -0.1) is 0 Å². The molecule has 0 amide bonds. The SMILES string of the molecule is CCc1c(C)c2ccccc2c2ccc(C)cc12. The molecule has 0 heteroatoms. The second kappa shape index (κ2) is 4.13. The molecule has 0 aromatic heterocycles. The molecule has 0 aliphatic rings. The predicted octanol–water partition coefficient (Wildman–Crippen LogP) is 5.17. The Balaban J connectivity index is 2.62. The van der Waals surface area contributed by atoms with Crippen LogP contribution in [0, 0.1) is 13.8 Å². The molecule has 90 valence electrons. The second-order valence-electron chi connectivity index (χ2n) is 5.05. The Morgan fingerprint density at radius 2 is 1.44 bits per heavy atom. The van der Waals surface area contributed by atoms with E-state index >= 15 is 0 Å². The summed E-state index contributed by atoms with van der Waals surface area (Å²) < 4.78 is 0. The molecule has 0 nitrogen and oxygen atoms in total. The molecule has 0 saturated carbocycles. The van der Waals surface area contributed by atoms with E-state index < -0.39 is 0 Å². The van der Waals surface area contributed by atoms with Gasteiger partial charge >= 0.3 is 0 Å². The number of benzene rings is 3. The molecule has 0 atom stereocenters. The van der Waals surface area contributed by atoms with Gasteiger partial charge in [0.25, 0.3) is 0 Å². The Hall–Kier alpha value is -1.82. The van der Waals surface area contributed by atoms with Gasteiger partial charge in [-0.25, -0.2) is 0 Å². The lowest BCUT2D eigenvalue weighted by molar-refractivity contribution is 1.14. The van der Waals surface area contributed by atoms with Crippen LogP contribution in [-0.2, 0) is 6.42 Å². The zero-order valence-corrected chi connectivity index (χ0v) is 11.2. The van der Waals surface area contributed by atoms with Crippen molar-refractivity contribution in [2.75, 3.05) is 0 Å². The molecule has 0 bridgehead atoms. The second-order valence-corrected chi connectivity index (χ2v) is 5.05. The Kier molecular flexibility index (Phi) is 2.59. The van der Waals surface area contributed by atoms with E-state index in [9.17, 15) is 0 Å². The van der Waals surface area contributed by atoms with Crippen molar-refractivity contribution in [3.63, 3.8) is 0 Å². The van der Waals surface area contributed by atoms with Crippen LogP contribution in [-0.4, -0.2) is 0 Å². The highest BCUT2D eigenvalue weighted by Crippen LogP contribution is 2.33. The molecule has 18 heavy (non-hydrogen) atoms. The molecule has 3 aromatic rings. The number of hydrogen-bond acceptors (Lipinski definition) is 0. The fourth-order valence-electron chi connectivity index (χ4n) is 3.01. The van der Waals surface area contributed by atoms with Crippen molar-refractivity contribution in [3.05, 3.63) is 59.2 Å². The van der Waals surface area contributed by atoms with E-state index in [2.05, 4.69) is 63.2 Å². The minimum absolute atomic E-state index is 1.09. The van der Waals surface area contributed by atoms with Gasteiger partial charge in [0.2, 0.25) is 0 Å². The lowest BCUT2D eigenvalue weighted by Crippen LogP contribution is -1.92. The van der Waals surface area contributed by atoms with Gasteiger partial charge in [-0.1, -0.05) is 55.0 Å². The highest BCUT2D eigenvalue weighted by atomic mass is 14.1. The molecule has 0 fully saturated rings. The summed E-state index contributed by atoms with van der Waals surface area (Å²) in [5.41, 5.74) is 4.27. The first-order chi connectivity index (χ1) is 8.72. The van der Waals surface area contributed by atoms with Gasteiger partial charge in [0.15, 0.2) is 0 Å². The number of fused-ring (bicyclic) bond motifs is 3. The van der Waals surface area contributed by atoms with Crippen LogP contribution >= 0.6 is 0 Å². The largest absolute Gasteiger partial charge is 0.0616 e. The van der Waals surface area contributed by atoms with Crippen LogP contribution in [0.5, 0.6) is 0 Å². The first kappa shape index (κ1) is 11.3. The topological polar surface area (TPSA) is 0 Å². The van der Waals surface area contributed by atoms with Crippen molar-refractivity contribution >= 4 is 21.5 Å². The van der Waals surface area contributed by atoms with Crippen molar-refractivity contribution in [2.24, 2.45) is 0 Å². The molecule has 0 spiro atoms. The number of rotatable bonds is 1. The highest BCUT2D eigenvalue weighted by Gasteiger charge is 2.09. The summed E-state index contributed by atoms with van der Waals surface area (Å²) >= 11 is 0. The average molecular weight is 234 g/mol. The summed E-state index contributed by atoms with van der Waals surface area (Å²) in [5, 5.41) is 5.58. The zero-order chi connectivity index (χ0) is 12.7. The summed E-state index contributed by atoms with van der Waals surface area (Å²) in [6, 6.07) is 15.5. The third kappa shape index (κ3) is 1.53. The van der Waals surface area contributed by atoms with Crippen molar-refractivity contribution in [2.45, 2.75) is 27.2 Å². The maximum Gasteiger partial charge on any atom is -0.0102 e. The maximum absolute atomic E-state index is 2.33. The van der Waals surface area contributed by atoms with Crippen molar-refractivity contribution in [1.29, 1.82) is 0 Å². The van der Waals surface area contributed by atoms with Gasteiger partial charge in [-0.05, 0) is 52.9 Å². The van der Waals surface area contributed by atoms with Crippen molar-refractivity contribution < 1.29 is 0 Å². The third-order valence-corrected chi connectivity index (χ3v) is 3.93. The fraction of sp³-hybridized carbons (Fsp3) is 0.222. The first-order valence-electron chi connectivity index (χ1n) is 6.63. The van der Waals surface area contributed by atoms with E-state index in [1.807, 2.05) is 0 Å². The van der Waals surface area contributed by atoms with Crippen molar-refractivity contribution in [1.82, 2.24) is 0 Å². The maximum atomic E-state index is 2.33. The summed E-state index contributed by atoms with van der Waals surface area (Å²) in [4.78, 5) is 0. The monoisotopic (exact) mass is 234 g/mol. The molecule has 0 N–H and O–H groups in total. The van der Waals surface area contributed by atoms with E-state index in [4.69, 9.17) is 0 Å². The summed E-state index contributed by atoms with van der Waals surface area (Å²) in [6.45, 7) is 6.67. The van der Waals surface area contributed by atoms with Gasteiger partial charge in [-0.3, -0.25) is 0 Å². The minimum atomic E-state index is 1.09. The molecule has 0 aliphatic carbocycles. The molecule has 0 radical (unpaired) electrons. The fourth-order valence-corrected chi connectivity index (χ4v) is 3.01. The molecule has 3 rings (SSSR count). The normalized spacial score (nSPS) is 11.3. The van der Waals surface area contributed by atoms with E-state index in [0.29, 0.717) is 0 Å². The van der Waals surface area contributed by atoms with Crippen LogP contribution in [0.15, 0.2) is 42.5 Å². The summed E-state index contributed by atoms with van der Waals surface area (Å²) in [6.07, 6.45) is 1.09. The van der Waals surface area contributed by atoms with Gasteiger partial charge in [0.1, 0.15) is 0 Å². The number of hydrogen-bond donors (Lipinski definition) is 0. The van der Waals surface area contributed by atoms with Crippen LogP contribution in [0.25, 0.3) is 21.5 Å². The highest BCUT2D eigenvalue weighted by molar-refractivity contribution is 6.10. The van der Waals surface area contributed by atoms with Gasteiger partial charge in [0, 0.05) is 0 Å².